The average molecular weight is 255 g/mol. The van der Waals surface area contributed by atoms with Crippen LogP contribution in [-0.2, 0) is 19.4 Å². The summed E-state index contributed by atoms with van der Waals surface area (Å²) in [4.78, 5) is 11.3. The Bertz CT molecular complexity index is 495. The van der Waals surface area contributed by atoms with Gasteiger partial charge in [-0.1, -0.05) is 30.9 Å². The number of nitrogens with two attached hydrogens (primary N) is 1. The Morgan fingerprint density at radius 3 is 2.53 bits per heavy atom. The van der Waals surface area contributed by atoms with Gasteiger partial charge in [0, 0.05) is 0 Å². The maximum Gasteiger partial charge on any atom is 0.339 e. The van der Waals surface area contributed by atoms with Crippen LogP contribution < -0.4 is 5.73 Å². The summed E-state index contributed by atoms with van der Waals surface area (Å²) in [5, 5.41) is -1.72. The topological polar surface area (TPSA) is 86.5 Å². The van der Waals surface area contributed by atoms with E-state index in [1.165, 1.54) is 18.2 Å². The average Bonchev–Trinajstić information content (AvgIpc) is 2.36. The summed E-state index contributed by atoms with van der Waals surface area (Å²) in [5.74, 6) is -0.992. The Hall–Kier alpha value is -1.66. The lowest BCUT2D eigenvalue weighted by atomic mass is 10.4. The first kappa shape index (κ1) is 13.4. The van der Waals surface area contributed by atoms with E-state index in [0.29, 0.717) is 0 Å². The Kier molecular flexibility index (Phi) is 4.42. The van der Waals surface area contributed by atoms with Crippen LogP contribution in [0, 0.1) is 0 Å². The van der Waals surface area contributed by atoms with Crippen LogP contribution in [0.4, 0.5) is 0 Å². The van der Waals surface area contributed by atoms with Crippen molar-refractivity contribution >= 4 is 15.8 Å². The minimum Gasteiger partial charge on any atom is -0.460 e. The minimum atomic E-state index is -3.90. The Morgan fingerprint density at radius 1 is 1.41 bits per heavy atom. The molecule has 6 heteroatoms. The number of ether oxygens (including phenoxy) is 1. The van der Waals surface area contributed by atoms with Gasteiger partial charge in [0.05, 0.1) is 4.90 Å². The summed E-state index contributed by atoms with van der Waals surface area (Å²) < 4.78 is 28.4. The largest absolute Gasteiger partial charge is 0.460 e. The van der Waals surface area contributed by atoms with Gasteiger partial charge in [-0.2, -0.15) is 0 Å². The molecule has 0 aromatic heterocycles. The molecular weight excluding hydrogens is 242 g/mol. The highest BCUT2D eigenvalue weighted by molar-refractivity contribution is 7.92. The molecule has 1 rings (SSSR count). The van der Waals surface area contributed by atoms with E-state index in [-0.39, 0.29) is 11.5 Å². The molecule has 92 valence electrons. The van der Waals surface area contributed by atoms with Gasteiger partial charge in [0.2, 0.25) is 15.2 Å². The van der Waals surface area contributed by atoms with Crippen LogP contribution in [0.15, 0.2) is 47.9 Å². The number of rotatable bonds is 5. The number of sulfone groups is 1. The second-order valence-corrected chi connectivity index (χ2v) is 5.27. The Balaban J connectivity index is 2.92. The third-order valence-electron chi connectivity index (χ3n) is 1.98. The summed E-state index contributed by atoms with van der Waals surface area (Å²) in [5.41, 5.74) is 5.37. The van der Waals surface area contributed by atoms with Crippen molar-refractivity contribution in [2.24, 2.45) is 5.73 Å². The fourth-order valence-corrected chi connectivity index (χ4v) is 2.26. The van der Waals surface area contributed by atoms with Crippen molar-refractivity contribution in [1.82, 2.24) is 0 Å². The summed E-state index contributed by atoms with van der Waals surface area (Å²) in [6.07, 6.45) is 1.33. The normalized spacial score (nSPS) is 12.8. The van der Waals surface area contributed by atoms with Gasteiger partial charge in [-0.15, -0.1) is 0 Å². The molecule has 0 saturated carbocycles. The summed E-state index contributed by atoms with van der Waals surface area (Å²) in [6, 6.07) is 7.51. The zero-order valence-electron chi connectivity index (χ0n) is 9.07. The van der Waals surface area contributed by atoms with Crippen molar-refractivity contribution < 1.29 is 17.9 Å². The molecule has 0 bridgehead atoms. The van der Waals surface area contributed by atoms with E-state index in [9.17, 15) is 13.2 Å². The van der Waals surface area contributed by atoms with Crippen molar-refractivity contribution in [2.75, 3.05) is 6.61 Å². The molecule has 5 nitrogen and oxygen atoms in total. The molecule has 1 aromatic carbocycles. The Morgan fingerprint density at radius 2 is 2.00 bits per heavy atom. The van der Waals surface area contributed by atoms with Gasteiger partial charge in [-0.05, 0) is 12.1 Å². The predicted octanol–water partition coefficient (Wildman–Crippen LogP) is 0.474. The molecular formula is C11H13NO4S. The van der Waals surface area contributed by atoms with E-state index < -0.39 is 21.2 Å². The van der Waals surface area contributed by atoms with E-state index in [1.54, 1.807) is 18.2 Å². The van der Waals surface area contributed by atoms with E-state index in [1.807, 2.05) is 0 Å². The first-order valence-corrected chi connectivity index (χ1v) is 6.37. The van der Waals surface area contributed by atoms with Gasteiger partial charge < -0.3 is 10.5 Å². The quantitative estimate of drug-likeness (QED) is 0.610. The third-order valence-corrected chi connectivity index (χ3v) is 3.77. The lowest BCUT2D eigenvalue weighted by molar-refractivity contribution is -0.141. The summed E-state index contributed by atoms with van der Waals surface area (Å²) >= 11 is 0. The molecule has 0 saturated heterocycles. The van der Waals surface area contributed by atoms with Crippen LogP contribution in [0.1, 0.15) is 0 Å². The van der Waals surface area contributed by atoms with Crippen molar-refractivity contribution in [3.05, 3.63) is 43.0 Å². The zero-order valence-corrected chi connectivity index (χ0v) is 9.89. The maximum absolute atomic E-state index is 11.9. The van der Waals surface area contributed by atoms with Gasteiger partial charge in [0.15, 0.2) is 0 Å². The molecule has 1 aromatic rings. The number of carbonyl (C=O) groups excluding carboxylic acids is 1. The molecule has 17 heavy (non-hydrogen) atoms. The fourth-order valence-electron chi connectivity index (χ4n) is 1.11. The first-order valence-electron chi connectivity index (χ1n) is 4.82. The fraction of sp³-hybridized carbons (Fsp3) is 0.182. The highest BCUT2D eigenvalue weighted by atomic mass is 32.2. The van der Waals surface area contributed by atoms with Gasteiger partial charge in [0.1, 0.15) is 6.61 Å². The number of esters is 1. The van der Waals surface area contributed by atoms with Crippen molar-refractivity contribution in [3.8, 4) is 0 Å². The van der Waals surface area contributed by atoms with Crippen LogP contribution >= 0.6 is 0 Å². The zero-order chi connectivity index (χ0) is 12.9. The number of benzene rings is 1. The monoisotopic (exact) mass is 255 g/mol. The standard InChI is InChI=1S/C11H13NO4S/c1-2-8-16-11(13)10(12)17(14,15)9-6-4-3-5-7-9/h2-7,10H,1,8,12H2. The second-order valence-electron chi connectivity index (χ2n) is 3.20. The molecule has 0 fully saturated rings. The van der Waals surface area contributed by atoms with Gasteiger partial charge in [-0.3, -0.25) is 0 Å². The Labute approximate surface area is 99.8 Å². The lowest BCUT2D eigenvalue weighted by Gasteiger charge is -2.11. The summed E-state index contributed by atoms with van der Waals surface area (Å²) in [7, 11) is -3.90. The molecule has 0 amide bonds. The SMILES string of the molecule is C=CCOC(=O)C(N)S(=O)(=O)c1ccccc1. The van der Waals surface area contributed by atoms with Crippen molar-refractivity contribution in [3.63, 3.8) is 0 Å². The minimum absolute atomic E-state index is 0.0111. The van der Waals surface area contributed by atoms with E-state index >= 15 is 0 Å². The first-order chi connectivity index (χ1) is 8.00. The molecule has 0 aliphatic carbocycles. The van der Waals surface area contributed by atoms with Crippen LogP contribution in [0.2, 0.25) is 0 Å². The van der Waals surface area contributed by atoms with Crippen LogP contribution in [-0.4, -0.2) is 26.4 Å². The van der Waals surface area contributed by atoms with Crippen LogP contribution in [0.25, 0.3) is 0 Å². The molecule has 0 spiro atoms. The molecule has 2 N–H and O–H groups in total. The van der Waals surface area contributed by atoms with E-state index in [2.05, 4.69) is 11.3 Å². The predicted molar refractivity (Wildman–Crippen MR) is 62.8 cm³/mol. The number of hydrogen-bond acceptors (Lipinski definition) is 5. The number of carbonyl (C=O) groups is 1. The van der Waals surface area contributed by atoms with Gasteiger partial charge >= 0.3 is 5.97 Å². The lowest BCUT2D eigenvalue weighted by Crippen LogP contribution is -2.39. The maximum atomic E-state index is 11.9. The summed E-state index contributed by atoms with van der Waals surface area (Å²) in [6.45, 7) is 3.27. The molecule has 0 heterocycles. The highest BCUT2D eigenvalue weighted by Crippen LogP contribution is 2.13. The molecule has 0 aliphatic rings. The van der Waals surface area contributed by atoms with Crippen molar-refractivity contribution in [2.45, 2.75) is 10.3 Å². The highest BCUT2D eigenvalue weighted by Gasteiger charge is 2.31. The molecule has 1 unspecified atom stereocenters. The van der Waals surface area contributed by atoms with Crippen LogP contribution in [0.3, 0.4) is 0 Å². The second kappa shape index (κ2) is 5.60. The molecule has 0 radical (unpaired) electrons. The van der Waals surface area contributed by atoms with Gasteiger partial charge in [0.25, 0.3) is 0 Å². The third kappa shape index (κ3) is 3.15. The van der Waals surface area contributed by atoms with E-state index in [0.717, 1.165) is 0 Å². The van der Waals surface area contributed by atoms with E-state index in [4.69, 9.17) is 5.73 Å². The molecule has 1 atom stereocenters. The van der Waals surface area contributed by atoms with Crippen LogP contribution in [0.5, 0.6) is 0 Å². The van der Waals surface area contributed by atoms with Crippen molar-refractivity contribution in [1.29, 1.82) is 0 Å². The van der Waals surface area contributed by atoms with Gasteiger partial charge in [-0.25, -0.2) is 13.2 Å². The smallest absolute Gasteiger partial charge is 0.339 e. The number of hydrogen-bond donors (Lipinski definition) is 1. The molecule has 0 aliphatic heterocycles.